The zero-order valence-corrected chi connectivity index (χ0v) is 12.8. The SMILES string of the molecule is CCCCCC(C)(C)CNCC1CCCCC1N. The largest absolute Gasteiger partial charge is 0.327 e. The lowest BCUT2D eigenvalue weighted by Gasteiger charge is -2.31. The quantitative estimate of drug-likeness (QED) is 0.648. The third-order valence-electron chi connectivity index (χ3n) is 4.44. The summed E-state index contributed by atoms with van der Waals surface area (Å²) >= 11 is 0. The first-order valence-corrected chi connectivity index (χ1v) is 8.01. The molecule has 108 valence electrons. The lowest BCUT2D eigenvalue weighted by molar-refractivity contribution is 0.259. The van der Waals surface area contributed by atoms with Gasteiger partial charge in [0.15, 0.2) is 0 Å². The van der Waals surface area contributed by atoms with E-state index in [0.29, 0.717) is 17.4 Å². The summed E-state index contributed by atoms with van der Waals surface area (Å²) in [4.78, 5) is 0. The molecule has 0 radical (unpaired) electrons. The number of rotatable bonds is 8. The van der Waals surface area contributed by atoms with Crippen molar-refractivity contribution < 1.29 is 0 Å². The Bertz CT molecular complexity index is 213. The minimum absolute atomic E-state index is 0.438. The molecular formula is C16H34N2. The van der Waals surface area contributed by atoms with Gasteiger partial charge >= 0.3 is 0 Å². The van der Waals surface area contributed by atoms with Crippen LogP contribution < -0.4 is 11.1 Å². The Kier molecular flexibility index (Phi) is 7.25. The molecule has 18 heavy (non-hydrogen) atoms. The summed E-state index contributed by atoms with van der Waals surface area (Å²) < 4.78 is 0. The first-order chi connectivity index (χ1) is 8.55. The highest BCUT2D eigenvalue weighted by Crippen LogP contribution is 2.24. The van der Waals surface area contributed by atoms with E-state index in [4.69, 9.17) is 5.73 Å². The van der Waals surface area contributed by atoms with Crippen molar-refractivity contribution in [3.63, 3.8) is 0 Å². The third kappa shape index (κ3) is 6.19. The molecule has 1 rings (SSSR count). The van der Waals surface area contributed by atoms with E-state index in [2.05, 4.69) is 26.1 Å². The first-order valence-electron chi connectivity index (χ1n) is 8.01. The molecule has 1 aliphatic rings. The average Bonchev–Trinajstić information content (AvgIpc) is 2.32. The predicted octanol–water partition coefficient (Wildman–Crippen LogP) is 3.70. The van der Waals surface area contributed by atoms with Gasteiger partial charge in [-0.3, -0.25) is 0 Å². The Morgan fingerprint density at radius 1 is 1.17 bits per heavy atom. The van der Waals surface area contributed by atoms with Crippen LogP contribution >= 0.6 is 0 Å². The van der Waals surface area contributed by atoms with Crippen LogP contribution in [-0.4, -0.2) is 19.1 Å². The molecule has 0 amide bonds. The molecule has 2 unspecified atom stereocenters. The topological polar surface area (TPSA) is 38.0 Å². The lowest BCUT2D eigenvalue weighted by atomic mass is 9.84. The van der Waals surface area contributed by atoms with Crippen LogP contribution in [0, 0.1) is 11.3 Å². The van der Waals surface area contributed by atoms with E-state index >= 15 is 0 Å². The van der Waals surface area contributed by atoms with E-state index < -0.39 is 0 Å². The molecule has 1 saturated carbocycles. The number of hydrogen-bond acceptors (Lipinski definition) is 2. The summed E-state index contributed by atoms with van der Waals surface area (Å²) in [7, 11) is 0. The van der Waals surface area contributed by atoms with Gasteiger partial charge in [0.25, 0.3) is 0 Å². The maximum absolute atomic E-state index is 6.19. The Balaban J connectivity index is 2.15. The van der Waals surface area contributed by atoms with Crippen molar-refractivity contribution in [2.45, 2.75) is 78.2 Å². The van der Waals surface area contributed by atoms with E-state index in [0.717, 1.165) is 13.1 Å². The highest BCUT2D eigenvalue weighted by atomic mass is 14.9. The standard InChI is InChI=1S/C16H34N2/c1-4-5-8-11-16(2,3)13-18-12-14-9-6-7-10-15(14)17/h14-15,18H,4-13,17H2,1-3H3. The Morgan fingerprint density at radius 3 is 2.56 bits per heavy atom. The monoisotopic (exact) mass is 254 g/mol. The molecule has 1 fully saturated rings. The minimum atomic E-state index is 0.438. The van der Waals surface area contributed by atoms with Gasteiger partial charge in [-0.2, -0.15) is 0 Å². The fourth-order valence-corrected chi connectivity index (χ4v) is 3.03. The van der Waals surface area contributed by atoms with Gasteiger partial charge in [0.2, 0.25) is 0 Å². The van der Waals surface area contributed by atoms with Gasteiger partial charge in [-0.05, 0) is 37.1 Å². The van der Waals surface area contributed by atoms with Crippen LogP contribution in [0.15, 0.2) is 0 Å². The molecule has 0 aliphatic heterocycles. The second kappa shape index (κ2) is 8.16. The smallest absolute Gasteiger partial charge is 0.00792 e. The highest BCUT2D eigenvalue weighted by molar-refractivity contribution is 4.81. The number of hydrogen-bond donors (Lipinski definition) is 2. The van der Waals surface area contributed by atoms with Crippen LogP contribution in [0.25, 0.3) is 0 Å². The van der Waals surface area contributed by atoms with E-state index in [-0.39, 0.29) is 0 Å². The van der Waals surface area contributed by atoms with E-state index in [9.17, 15) is 0 Å². The van der Waals surface area contributed by atoms with Crippen LogP contribution in [-0.2, 0) is 0 Å². The zero-order chi connectivity index (χ0) is 13.4. The van der Waals surface area contributed by atoms with Crippen LogP contribution in [0.3, 0.4) is 0 Å². The molecule has 2 atom stereocenters. The molecule has 0 spiro atoms. The van der Waals surface area contributed by atoms with Gasteiger partial charge in [0.05, 0.1) is 0 Å². The van der Waals surface area contributed by atoms with Crippen molar-refractivity contribution in [1.82, 2.24) is 5.32 Å². The van der Waals surface area contributed by atoms with Crippen LogP contribution in [0.5, 0.6) is 0 Å². The number of nitrogens with one attached hydrogen (secondary N) is 1. The molecule has 0 saturated heterocycles. The summed E-state index contributed by atoms with van der Waals surface area (Å²) in [6.45, 7) is 9.31. The van der Waals surface area contributed by atoms with Gasteiger partial charge in [-0.25, -0.2) is 0 Å². The molecule has 0 aromatic heterocycles. The molecule has 2 heteroatoms. The lowest BCUT2D eigenvalue weighted by Crippen LogP contribution is -2.41. The van der Waals surface area contributed by atoms with Crippen molar-refractivity contribution in [3.05, 3.63) is 0 Å². The summed E-state index contributed by atoms with van der Waals surface area (Å²) in [5, 5.41) is 3.67. The Morgan fingerprint density at radius 2 is 1.89 bits per heavy atom. The van der Waals surface area contributed by atoms with E-state index in [1.165, 1.54) is 51.4 Å². The highest BCUT2D eigenvalue weighted by Gasteiger charge is 2.22. The maximum Gasteiger partial charge on any atom is 0.00792 e. The van der Waals surface area contributed by atoms with E-state index in [1.54, 1.807) is 0 Å². The van der Waals surface area contributed by atoms with Gasteiger partial charge in [-0.1, -0.05) is 52.9 Å². The summed E-state index contributed by atoms with van der Waals surface area (Å²) in [6, 6.07) is 0.439. The van der Waals surface area contributed by atoms with Crippen molar-refractivity contribution in [3.8, 4) is 0 Å². The molecule has 3 N–H and O–H groups in total. The van der Waals surface area contributed by atoms with Gasteiger partial charge < -0.3 is 11.1 Å². The predicted molar refractivity (Wildman–Crippen MR) is 80.7 cm³/mol. The number of unbranched alkanes of at least 4 members (excludes halogenated alkanes) is 2. The minimum Gasteiger partial charge on any atom is -0.327 e. The van der Waals surface area contributed by atoms with Gasteiger partial charge in [0, 0.05) is 12.6 Å². The van der Waals surface area contributed by atoms with Crippen LogP contribution in [0.2, 0.25) is 0 Å². The number of nitrogens with two attached hydrogens (primary N) is 1. The fourth-order valence-electron chi connectivity index (χ4n) is 3.03. The van der Waals surface area contributed by atoms with Gasteiger partial charge in [-0.15, -0.1) is 0 Å². The molecule has 0 aromatic rings. The molecule has 0 bridgehead atoms. The zero-order valence-electron chi connectivity index (χ0n) is 12.8. The average molecular weight is 254 g/mol. The summed E-state index contributed by atoms with van der Waals surface area (Å²) in [6.07, 6.45) is 10.7. The van der Waals surface area contributed by atoms with Crippen LogP contribution in [0.1, 0.15) is 72.1 Å². The fraction of sp³-hybridized carbons (Fsp3) is 1.00. The molecule has 0 heterocycles. The molecule has 0 aromatic carbocycles. The molecule has 1 aliphatic carbocycles. The summed E-state index contributed by atoms with van der Waals surface area (Å²) in [5.41, 5.74) is 6.63. The summed E-state index contributed by atoms with van der Waals surface area (Å²) in [5.74, 6) is 0.713. The molecular weight excluding hydrogens is 220 g/mol. The van der Waals surface area contributed by atoms with Crippen molar-refractivity contribution in [2.24, 2.45) is 17.1 Å². The van der Waals surface area contributed by atoms with Crippen molar-refractivity contribution in [2.75, 3.05) is 13.1 Å². The molecule has 2 nitrogen and oxygen atoms in total. The van der Waals surface area contributed by atoms with Crippen LogP contribution in [0.4, 0.5) is 0 Å². The van der Waals surface area contributed by atoms with Gasteiger partial charge in [0.1, 0.15) is 0 Å². The Labute approximate surface area is 114 Å². The maximum atomic E-state index is 6.19. The second-order valence-corrected chi connectivity index (χ2v) is 6.96. The Hall–Kier alpha value is -0.0800. The second-order valence-electron chi connectivity index (χ2n) is 6.96. The van der Waals surface area contributed by atoms with E-state index in [1.807, 2.05) is 0 Å². The normalized spacial score (nSPS) is 25.3. The first kappa shape index (κ1) is 16.0. The van der Waals surface area contributed by atoms with Crippen molar-refractivity contribution >= 4 is 0 Å². The van der Waals surface area contributed by atoms with Crippen molar-refractivity contribution in [1.29, 1.82) is 0 Å². The third-order valence-corrected chi connectivity index (χ3v) is 4.44.